The molecule has 3 nitrogen and oxygen atoms in total. The molecule has 0 aromatic rings. The Kier molecular flexibility index (Phi) is 4.85. The molecule has 1 aliphatic heterocycles. The fraction of sp³-hybridized carbons (Fsp3) is 1.00. The van der Waals surface area contributed by atoms with E-state index in [0.29, 0.717) is 5.41 Å². The van der Waals surface area contributed by atoms with Crippen molar-refractivity contribution >= 4 is 0 Å². The van der Waals surface area contributed by atoms with Crippen molar-refractivity contribution in [2.45, 2.75) is 20.3 Å². The molecule has 1 N–H and O–H groups in total. The Bertz CT molecular complexity index is 163. The quantitative estimate of drug-likeness (QED) is 0.646. The van der Waals surface area contributed by atoms with Gasteiger partial charge in [-0.05, 0) is 32.4 Å². The van der Waals surface area contributed by atoms with Crippen molar-refractivity contribution in [3.05, 3.63) is 0 Å². The van der Waals surface area contributed by atoms with Crippen molar-refractivity contribution in [3.63, 3.8) is 0 Å². The number of nitrogens with zero attached hydrogens (tertiary/aromatic N) is 1. The Balaban J connectivity index is 2.19. The minimum Gasteiger partial charge on any atom is -0.380 e. The monoisotopic (exact) mass is 200 g/mol. The maximum Gasteiger partial charge on any atom is 0.0593 e. The highest BCUT2D eigenvalue weighted by molar-refractivity contribution is 4.87. The van der Waals surface area contributed by atoms with Gasteiger partial charge in [-0.1, -0.05) is 6.92 Å². The van der Waals surface area contributed by atoms with E-state index in [0.717, 1.165) is 26.3 Å². The lowest BCUT2D eigenvalue weighted by Gasteiger charge is -2.24. The van der Waals surface area contributed by atoms with Crippen molar-refractivity contribution in [2.24, 2.45) is 5.41 Å². The van der Waals surface area contributed by atoms with Gasteiger partial charge in [0.25, 0.3) is 0 Å². The number of rotatable bonds is 6. The van der Waals surface area contributed by atoms with Crippen LogP contribution in [-0.4, -0.2) is 51.3 Å². The van der Waals surface area contributed by atoms with E-state index in [1.54, 1.807) is 0 Å². The fourth-order valence-corrected chi connectivity index (χ4v) is 2.23. The summed E-state index contributed by atoms with van der Waals surface area (Å²) in [5.74, 6) is 0. The zero-order valence-corrected chi connectivity index (χ0v) is 9.81. The average molecular weight is 200 g/mol. The van der Waals surface area contributed by atoms with E-state index >= 15 is 0 Å². The molecular weight excluding hydrogens is 176 g/mol. The van der Waals surface area contributed by atoms with Crippen LogP contribution in [0, 0.1) is 5.41 Å². The van der Waals surface area contributed by atoms with Gasteiger partial charge in [-0.15, -0.1) is 0 Å². The van der Waals surface area contributed by atoms with E-state index in [1.165, 1.54) is 19.5 Å². The lowest BCUT2D eigenvalue weighted by Crippen LogP contribution is -2.34. The van der Waals surface area contributed by atoms with E-state index in [1.807, 2.05) is 7.05 Å². The van der Waals surface area contributed by atoms with Crippen molar-refractivity contribution in [3.8, 4) is 0 Å². The number of hydrogen-bond donors (Lipinski definition) is 1. The van der Waals surface area contributed by atoms with E-state index in [9.17, 15) is 0 Å². The van der Waals surface area contributed by atoms with Gasteiger partial charge in [0.15, 0.2) is 0 Å². The second kappa shape index (κ2) is 5.69. The van der Waals surface area contributed by atoms with Crippen LogP contribution in [0.5, 0.6) is 0 Å². The number of nitrogens with one attached hydrogen (secondary N) is 1. The zero-order chi connectivity index (χ0) is 10.4. The summed E-state index contributed by atoms with van der Waals surface area (Å²) in [7, 11) is 2.04. The molecule has 0 aliphatic carbocycles. The van der Waals surface area contributed by atoms with Crippen LogP contribution in [0.4, 0.5) is 0 Å². The van der Waals surface area contributed by atoms with Crippen LogP contribution in [0.15, 0.2) is 0 Å². The van der Waals surface area contributed by atoms with E-state index in [-0.39, 0.29) is 0 Å². The Morgan fingerprint density at radius 3 is 2.93 bits per heavy atom. The molecule has 1 aliphatic rings. The van der Waals surface area contributed by atoms with Gasteiger partial charge in [-0.3, -0.25) is 0 Å². The summed E-state index contributed by atoms with van der Waals surface area (Å²) in [4.78, 5) is 2.51. The van der Waals surface area contributed by atoms with E-state index in [4.69, 9.17) is 4.74 Å². The van der Waals surface area contributed by atoms with Gasteiger partial charge in [0.2, 0.25) is 0 Å². The van der Waals surface area contributed by atoms with Gasteiger partial charge in [-0.25, -0.2) is 0 Å². The summed E-state index contributed by atoms with van der Waals surface area (Å²) >= 11 is 0. The molecule has 1 atom stereocenters. The lowest BCUT2D eigenvalue weighted by molar-refractivity contribution is 0.117. The summed E-state index contributed by atoms with van der Waals surface area (Å²) in [5.41, 5.74) is 0.473. The summed E-state index contributed by atoms with van der Waals surface area (Å²) < 4.78 is 5.37. The minimum absolute atomic E-state index is 0.473. The fourth-order valence-electron chi connectivity index (χ4n) is 2.23. The van der Waals surface area contributed by atoms with Crippen LogP contribution >= 0.6 is 0 Å². The van der Waals surface area contributed by atoms with Crippen molar-refractivity contribution < 1.29 is 4.74 Å². The zero-order valence-electron chi connectivity index (χ0n) is 9.81. The van der Waals surface area contributed by atoms with E-state index < -0.39 is 0 Å². The molecule has 0 bridgehead atoms. The van der Waals surface area contributed by atoms with Crippen LogP contribution in [0.25, 0.3) is 0 Å². The molecule has 3 heteroatoms. The maximum absolute atomic E-state index is 5.37. The molecule has 1 saturated heterocycles. The molecule has 1 rings (SSSR count). The van der Waals surface area contributed by atoms with Gasteiger partial charge in [-0.2, -0.15) is 0 Å². The molecule has 1 unspecified atom stereocenters. The Hall–Kier alpha value is -0.120. The maximum atomic E-state index is 5.37. The van der Waals surface area contributed by atoms with Crippen LogP contribution < -0.4 is 5.32 Å². The Morgan fingerprint density at radius 1 is 1.50 bits per heavy atom. The van der Waals surface area contributed by atoms with Crippen molar-refractivity contribution in [1.82, 2.24) is 10.2 Å². The van der Waals surface area contributed by atoms with Gasteiger partial charge < -0.3 is 15.0 Å². The second-order valence-corrected chi connectivity index (χ2v) is 4.56. The van der Waals surface area contributed by atoms with Gasteiger partial charge in [0.1, 0.15) is 0 Å². The molecule has 0 radical (unpaired) electrons. The van der Waals surface area contributed by atoms with Crippen molar-refractivity contribution in [2.75, 3.05) is 46.4 Å². The Morgan fingerprint density at radius 2 is 2.29 bits per heavy atom. The number of ether oxygens (including phenoxy) is 1. The van der Waals surface area contributed by atoms with Crippen LogP contribution in [0.2, 0.25) is 0 Å². The van der Waals surface area contributed by atoms with Gasteiger partial charge in [0, 0.05) is 26.2 Å². The van der Waals surface area contributed by atoms with Crippen molar-refractivity contribution in [1.29, 1.82) is 0 Å². The third-order valence-corrected chi connectivity index (χ3v) is 3.00. The normalized spacial score (nSPS) is 28.5. The molecule has 0 aromatic carbocycles. The first-order valence-corrected chi connectivity index (χ1v) is 5.65. The van der Waals surface area contributed by atoms with Crippen LogP contribution in [0.1, 0.15) is 20.3 Å². The molecule has 84 valence electrons. The summed E-state index contributed by atoms with van der Waals surface area (Å²) in [6.07, 6.45) is 1.31. The number of likely N-dealkylation sites (tertiary alicyclic amines) is 1. The lowest BCUT2D eigenvalue weighted by atomic mass is 9.90. The molecule has 0 amide bonds. The molecule has 0 saturated carbocycles. The molecular formula is C11H24N2O. The van der Waals surface area contributed by atoms with Gasteiger partial charge in [0.05, 0.1) is 6.61 Å². The predicted molar refractivity (Wildman–Crippen MR) is 59.6 cm³/mol. The smallest absolute Gasteiger partial charge is 0.0593 e. The first-order valence-electron chi connectivity index (χ1n) is 5.65. The highest BCUT2D eigenvalue weighted by Crippen LogP contribution is 2.28. The SMILES string of the molecule is CCOCCN1CCC(C)(CNC)C1. The molecule has 14 heavy (non-hydrogen) atoms. The predicted octanol–water partition coefficient (Wildman–Crippen LogP) is 0.954. The molecule has 0 aromatic heterocycles. The summed E-state index contributed by atoms with van der Waals surface area (Å²) in [6.45, 7) is 10.8. The minimum atomic E-state index is 0.473. The van der Waals surface area contributed by atoms with Crippen LogP contribution in [-0.2, 0) is 4.74 Å². The van der Waals surface area contributed by atoms with Gasteiger partial charge >= 0.3 is 0 Å². The molecule has 1 fully saturated rings. The highest BCUT2D eigenvalue weighted by atomic mass is 16.5. The van der Waals surface area contributed by atoms with Crippen LogP contribution in [0.3, 0.4) is 0 Å². The third kappa shape index (κ3) is 3.56. The average Bonchev–Trinajstić information content (AvgIpc) is 2.49. The first-order chi connectivity index (χ1) is 6.70. The summed E-state index contributed by atoms with van der Waals surface area (Å²) in [5, 5.41) is 3.28. The Labute approximate surface area is 87.8 Å². The molecule has 1 heterocycles. The first kappa shape index (κ1) is 12.0. The topological polar surface area (TPSA) is 24.5 Å². The highest BCUT2D eigenvalue weighted by Gasteiger charge is 2.32. The number of hydrogen-bond acceptors (Lipinski definition) is 3. The summed E-state index contributed by atoms with van der Waals surface area (Å²) in [6, 6.07) is 0. The van der Waals surface area contributed by atoms with E-state index in [2.05, 4.69) is 24.1 Å². The third-order valence-electron chi connectivity index (χ3n) is 3.00. The largest absolute Gasteiger partial charge is 0.380 e. The second-order valence-electron chi connectivity index (χ2n) is 4.56. The standard InChI is InChI=1S/C11H24N2O/c1-4-14-8-7-13-6-5-11(2,10-13)9-12-3/h12H,4-10H2,1-3H3. The molecule has 0 spiro atoms.